The summed E-state index contributed by atoms with van der Waals surface area (Å²) in [5.41, 5.74) is -0.835. The molecule has 2 aliphatic heterocycles. The standard InChI is InChI=1S/C20H28O10/c1-2-3-11-4-6-12(7-5-11)29-18-16(24)15(23)14(22)13(30-18)8-27-19-17(25)20(26,9-21)10-28-19/h2,4-7,13-19,21-26H,1,3,8-10H2/t13-,14-,15+,16-,17+,18-,19-,20?/m1/s1. The molecular weight excluding hydrogens is 400 g/mol. The van der Waals surface area contributed by atoms with Crippen LogP contribution in [-0.4, -0.2) is 99.2 Å². The van der Waals surface area contributed by atoms with Crippen LogP contribution in [0.5, 0.6) is 5.75 Å². The summed E-state index contributed by atoms with van der Waals surface area (Å²) >= 11 is 0. The van der Waals surface area contributed by atoms with Gasteiger partial charge < -0.3 is 49.6 Å². The van der Waals surface area contributed by atoms with Crippen molar-refractivity contribution in [2.24, 2.45) is 0 Å². The molecular formula is C20H28O10. The van der Waals surface area contributed by atoms with Crippen molar-refractivity contribution in [1.29, 1.82) is 0 Å². The van der Waals surface area contributed by atoms with E-state index in [9.17, 15) is 25.5 Å². The highest BCUT2D eigenvalue weighted by Crippen LogP contribution is 2.28. The van der Waals surface area contributed by atoms with Gasteiger partial charge in [0.25, 0.3) is 0 Å². The number of aliphatic hydroxyl groups excluding tert-OH is 5. The highest BCUT2D eigenvalue weighted by Gasteiger charge is 2.50. The first-order valence-corrected chi connectivity index (χ1v) is 9.59. The Morgan fingerprint density at radius 2 is 1.77 bits per heavy atom. The third-order valence-corrected chi connectivity index (χ3v) is 5.23. The van der Waals surface area contributed by atoms with Crippen LogP contribution < -0.4 is 4.74 Å². The Morgan fingerprint density at radius 3 is 2.37 bits per heavy atom. The zero-order valence-corrected chi connectivity index (χ0v) is 16.3. The van der Waals surface area contributed by atoms with Crippen LogP contribution in [0.3, 0.4) is 0 Å². The number of ether oxygens (including phenoxy) is 4. The summed E-state index contributed by atoms with van der Waals surface area (Å²) in [5, 5.41) is 59.7. The molecule has 0 aromatic heterocycles. The monoisotopic (exact) mass is 428 g/mol. The van der Waals surface area contributed by atoms with Crippen LogP contribution >= 0.6 is 0 Å². The number of allylic oxidation sites excluding steroid dienone is 1. The molecule has 1 aromatic carbocycles. The van der Waals surface area contributed by atoms with E-state index in [-0.39, 0.29) is 13.2 Å². The first-order valence-electron chi connectivity index (χ1n) is 9.59. The fourth-order valence-corrected chi connectivity index (χ4v) is 3.28. The molecule has 8 atom stereocenters. The second-order valence-electron chi connectivity index (χ2n) is 7.49. The molecule has 10 heteroatoms. The van der Waals surface area contributed by atoms with Gasteiger partial charge in [0.1, 0.15) is 41.9 Å². The summed E-state index contributed by atoms with van der Waals surface area (Å²) in [5.74, 6) is 0.387. The number of hydrogen-bond donors (Lipinski definition) is 6. The minimum atomic E-state index is -1.85. The lowest BCUT2D eigenvalue weighted by Gasteiger charge is -2.40. The van der Waals surface area contributed by atoms with Gasteiger partial charge in [-0.25, -0.2) is 0 Å². The minimum absolute atomic E-state index is 0.335. The highest BCUT2D eigenvalue weighted by atomic mass is 16.7. The zero-order valence-electron chi connectivity index (χ0n) is 16.3. The van der Waals surface area contributed by atoms with E-state index < -0.39 is 55.3 Å². The fourth-order valence-electron chi connectivity index (χ4n) is 3.28. The van der Waals surface area contributed by atoms with Crippen LogP contribution in [0.4, 0.5) is 0 Å². The van der Waals surface area contributed by atoms with Crippen molar-refractivity contribution in [2.45, 2.75) is 55.1 Å². The average Bonchev–Trinajstić information content (AvgIpc) is 3.04. The van der Waals surface area contributed by atoms with Crippen LogP contribution in [0, 0.1) is 0 Å². The molecule has 168 valence electrons. The predicted molar refractivity (Wildman–Crippen MR) is 101 cm³/mol. The third-order valence-electron chi connectivity index (χ3n) is 5.23. The van der Waals surface area contributed by atoms with Gasteiger partial charge in [0.05, 0.1) is 19.8 Å². The van der Waals surface area contributed by atoms with Gasteiger partial charge in [0.2, 0.25) is 6.29 Å². The topological polar surface area (TPSA) is 158 Å². The van der Waals surface area contributed by atoms with Gasteiger partial charge in [-0.1, -0.05) is 18.2 Å². The highest BCUT2D eigenvalue weighted by molar-refractivity contribution is 5.28. The van der Waals surface area contributed by atoms with E-state index in [0.717, 1.165) is 5.56 Å². The summed E-state index contributed by atoms with van der Waals surface area (Å²) in [6, 6.07) is 6.99. The van der Waals surface area contributed by atoms with E-state index in [1.807, 2.05) is 12.1 Å². The van der Waals surface area contributed by atoms with E-state index >= 15 is 0 Å². The summed E-state index contributed by atoms with van der Waals surface area (Å²) < 4.78 is 21.7. The van der Waals surface area contributed by atoms with Crippen molar-refractivity contribution in [2.75, 3.05) is 19.8 Å². The molecule has 0 aliphatic carbocycles. The number of rotatable bonds is 8. The molecule has 6 N–H and O–H groups in total. The van der Waals surface area contributed by atoms with E-state index in [2.05, 4.69) is 6.58 Å². The first kappa shape index (κ1) is 23.1. The molecule has 2 fully saturated rings. The van der Waals surface area contributed by atoms with E-state index in [1.54, 1.807) is 18.2 Å². The van der Waals surface area contributed by atoms with Crippen LogP contribution in [0.15, 0.2) is 36.9 Å². The van der Waals surface area contributed by atoms with Gasteiger partial charge in [-0.15, -0.1) is 6.58 Å². The van der Waals surface area contributed by atoms with Gasteiger partial charge in [0, 0.05) is 0 Å². The van der Waals surface area contributed by atoms with Gasteiger partial charge in [-0.3, -0.25) is 0 Å². The molecule has 30 heavy (non-hydrogen) atoms. The molecule has 0 saturated carbocycles. The Kier molecular flexibility index (Phi) is 7.45. The van der Waals surface area contributed by atoms with Crippen LogP contribution in [0.2, 0.25) is 0 Å². The van der Waals surface area contributed by atoms with Crippen molar-refractivity contribution in [3.63, 3.8) is 0 Å². The van der Waals surface area contributed by atoms with E-state index in [4.69, 9.17) is 24.1 Å². The molecule has 0 bridgehead atoms. The average molecular weight is 428 g/mol. The SMILES string of the molecule is C=CCc1ccc(O[C@@H]2O[C@H](CO[C@@H]3OCC(O)(CO)[C@H]3O)[C@@H](O)[C@H](O)[C@H]2O)cc1. The lowest BCUT2D eigenvalue weighted by molar-refractivity contribution is -0.289. The second kappa shape index (κ2) is 9.69. The van der Waals surface area contributed by atoms with Crippen LogP contribution in [0.25, 0.3) is 0 Å². The Hall–Kier alpha value is -1.60. The molecule has 10 nitrogen and oxygen atoms in total. The molecule has 1 aromatic rings. The number of aliphatic hydroxyl groups is 6. The lowest BCUT2D eigenvalue weighted by Crippen LogP contribution is -2.60. The summed E-state index contributed by atoms with van der Waals surface area (Å²) in [6.45, 7) is 2.28. The van der Waals surface area contributed by atoms with Gasteiger partial charge in [0.15, 0.2) is 6.29 Å². The quantitative estimate of drug-likeness (QED) is 0.257. The van der Waals surface area contributed by atoms with Crippen LogP contribution in [0.1, 0.15) is 5.56 Å². The van der Waals surface area contributed by atoms with E-state index in [0.29, 0.717) is 12.2 Å². The molecule has 0 amide bonds. The van der Waals surface area contributed by atoms with Crippen molar-refractivity contribution >= 4 is 0 Å². The number of hydrogen-bond acceptors (Lipinski definition) is 10. The smallest absolute Gasteiger partial charge is 0.229 e. The Morgan fingerprint density at radius 1 is 1.07 bits per heavy atom. The number of benzene rings is 1. The first-order chi connectivity index (χ1) is 14.3. The van der Waals surface area contributed by atoms with Crippen molar-refractivity contribution in [1.82, 2.24) is 0 Å². The summed E-state index contributed by atoms with van der Waals surface area (Å²) in [6.07, 6.45) is -7.31. The lowest BCUT2D eigenvalue weighted by atomic mass is 9.99. The molecule has 1 unspecified atom stereocenters. The normalized spacial score (nSPS) is 39.1. The summed E-state index contributed by atoms with van der Waals surface area (Å²) in [4.78, 5) is 0. The zero-order chi connectivity index (χ0) is 21.9. The Bertz CT molecular complexity index is 697. The third kappa shape index (κ3) is 4.83. The largest absolute Gasteiger partial charge is 0.462 e. The van der Waals surface area contributed by atoms with Crippen molar-refractivity contribution < 1.29 is 49.6 Å². The second-order valence-corrected chi connectivity index (χ2v) is 7.49. The van der Waals surface area contributed by atoms with Gasteiger partial charge >= 0.3 is 0 Å². The Labute approximate surface area is 173 Å². The maximum atomic E-state index is 10.2. The molecule has 3 rings (SSSR count). The fraction of sp³-hybridized carbons (Fsp3) is 0.600. The predicted octanol–water partition coefficient (Wildman–Crippen LogP) is -1.94. The Balaban J connectivity index is 1.61. The minimum Gasteiger partial charge on any atom is -0.462 e. The van der Waals surface area contributed by atoms with Gasteiger partial charge in [-0.05, 0) is 24.1 Å². The molecule has 0 radical (unpaired) electrons. The maximum Gasteiger partial charge on any atom is 0.229 e. The van der Waals surface area contributed by atoms with E-state index in [1.165, 1.54) is 0 Å². The van der Waals surface area contributed by atoms with Crippen LogP contribution in [-0.2, 0) is 20.6 Å². The molecule has 2 saturated heterocycles. The molecule has 0 spiro atoms. The maximum absolute atomic E-state index is 10.2. The summed E-state index contributed by atoms with van der Waals surface area (Å²) in [7, 11) is 0. The van der Waals surface area contributed by atoms with Gasteiger partial charge in [-0.2, -0.15) is 0 Å². The van der Waals surface area contributed by atoms with Crippen molar-refractivity contribution in [3.05, 3.63) is 42.5 Å². The molecule has 2 aliphatic rings. The van der Waals surface area contributed by atoms with Crippen molar-refractivity contribution in [3.8, 4) is 5.75 Å². The molecule has 2 heterocycles.